The number of hydrogen-bond donors (Lipinski definition) is 1. The second kappa shape index (κ2) is 8.58. The summed E-state index contributed by atoms with van der Waals surface area (Å²) in [4.78, 5) is 2.55. The van der Waals surface area contributed by atoms with Crippen molar-refractivity contribution in [2.45, 2.75) is 31.7 Å². The van der Waals surface area contributed by atoms with Gasteiger partial charge in [0.25, 0.3) is 0 Å². The number of halogens is 1. The minimum Gasteiger partial charge on any atom is -0.497 e. The van der Waals surface area contributed by atoms with Crippen molar-refractivity contribution in [2.24, 2.45) is 5.92 Å². The first kappa shape index (κ1) is 20.9. The fourth-order valence-electron chi connectivity index (χ4n) is 5.03. The van der Waals surface area contributed by atoms with E-state index in [1.807, 2.05) is 24.4 Å². The van der Waals surface area contributed by atoms with E-state index in [0.29, 0.717) is 18.2 Å². The molecule has 172 valence electrons. The summed E-state index contributed by atoms with van der Waals surface area (Å²) in [6.45, 7) is 3.31. The number of ether oxygens (including phenoxy) is 2. The van der Waals surface area contributed by atoms with Crippen molar-refractivity contribution in [3.05, 3.63) is 58.8 Å². The first-order chi connectivity index (χ1) is 16.2. The molecular formula is C26H29ClN4O2. The van der Waals surface area contributed by atoms with Crippen molar-refractivity contribution in [3.8, 4) is 16.9 Å². The number of fused-ring (bicyclic) bond motifs is 2. The zero-order chi connectivity index (χ0) is 22.4. The van der Waals surface area contributed by atoms with Crippen LogP contribution in [0.3, 0.4) is 0 Å². The van der Waals surface area contributed by atoms with E-state index in [1.165, 1.54) is 29.8 Å². The number of nitrogens with zero attached hydrogens (tertiary/aromatic N) is 3. The predicted octanol–water partition coefficient (Wildman–Crippen LogP) is 5.19. The Balaban J connectivity index is 1.42. The molecule has 2 aromatic rings. The normalized spacial score (nSPS) is 21.4. The molecule has 3 heterocycles. The van der Waals surface area contributed by atoms with E-state index >= 15 is 0 Å². The van der Waals surface area contributed by atoms with Gasteiger partial charge in [-0.15, -0.1) is 0 Å². The van der Waals surface area contributed by atoms with Gasteiger partial charge in [-0.05, 0) is 49.8 Å². The molecule has 2 fully saturated rings. The van der Waals surface area contributed by atoms with E-state index in [9.17, 15) is 0 Å². The molecule has 0 spiro atoms. The monoisotopic (exact) mass is 464 g/mol. The van der Waals surface area contributed by atoms with Crippen molar-refractivity contribution in [1.29, 1.82) is 0 Å². The Morgan fingerprint density at radius 2 is 2.21 bits per heavy atom. The SMILES string of the molecule is COc1ccc(-c2cnn3c2NC2COCC2=C3N(CC2=CC=CCC2)CC2CC2)c(Cl)c1. The van der Waals surface area contributed by atoms with E-state index in [2.05, 4.69) is 33.1 Å². The van der Waals surface area contributed by atoms with E-state index in [1.54, 1.807) is 7.11 Å². The van der Waals surface area contributed by atoms with Crippen LogP contribution in [0.1, 0.15) is 25.7 Å². The van der Waals surface area contributed by atoms with Crippen LogP contribution >= 0.6 is 11.6 Å². The molecular weight excluding hydrogens is 436 g/mol. The van der Waals surface area contributed by atoms with E-state index in [4.69, 9.17) is 26.2 Å². The summed E-state index contributed by atoms with van der Waals surface area (Å²) in [6, 6.07) is 5.96. The van der Waals surface area contributed by atoms with Crippen molar-refractivity contribution < 1.29 is 9.47 Å². The van der Waals surface area contributed by atoms with Gasteiger partial charge in [-0.25, -0.2) is 4.68 Å². The second-order valence-corrected chi connectivity index (χ2v) is 9.75. The van der Waals surface area contributed by atoms with Crippen LogP contribution < -0.4 is 10.1 Å². The van der Waals surface area contributed by atoms with Crippen LogP contribution in [0, 0.1) is 5.92 Å². The summed E-state index contributed by atoms with van der Waals surface area (Å²) in [7, 11) is 1.65. The molecule has 1 N–H and O–H groups in total. The smallest absolute Gasteiger partial charge is 0.140 e. The molecule has 0 amide bonds. The highest BCUT2D eigenvalue weighted by atomic mass is 35.5. The van der Waals surface area contributed by atoms with Crippen LogP contribution in [0.15, 0.2) is 53.8 Å². The molecule has 1 saturated heterocycles. The Bertz CT molecular complexity index is 1160. The fourth-order valence-corrected chi connectivity index (χ4v) is 5.30. The minimum atomic E-state index is 0.155. The predicted molar refractivity (Wildman–Crippen MR) is 131 cm³/mol. The zero-order valence-electron chi connectivity index (χ0n) is 18.9. The Morgan fingerprint density at radius 1 is 1.30 bits per heavy atom. The van der Waals surface area contributed by atoms with Gasteiger partial charge >= 0.3 is 0 Å². The maximum Gasteiger partial charge on any atom is 0.140 e. The summed E-state index contributed by atoms with van der Waals surface area (Å²) in [5.74, 6) is 3.68. The number of allylic oxidation sites excluding steroid dienone is 3. The third kappa shape index (κ3) is 3.96. The topological polar surface area (TPSA) is 51.6 Å². The molecule has 33 heavy (non-hydrogen) atoms. The quantitative estimate of drug-likeness (QED) is 0.610. The Hall–Kier alpha value is -2.70. The molecule has 0 radical (unpaired) electrons. The van der Waals surface area contributed by atoms with Gasteiger partial charge in [0.1, 0.15) is 17.4 Å². The number of anilines is 1. The summed E-state index contributed by atoms with van der Waals surface area (Å²) >= 11 is 6.65. The van der Waals surface area contributed by atoms with Gasteiger partial charge in [0, 0.05) is 29.8 Å². The number of aromatic nitrogens is 2. The van der Waals surface area contributed by atoms with Gasteiger partial charge in [-0.2, -0.15) is 5.10 Å². The summed E-state index contributed by atoms with van der Waals surface area (Å²) < 4.78 is 13.3. The van der Waals surface area contributed by atoms with Crippen LogP contribution in [-0.4, -0.2) is 54.1 Å². The lowest BCUT2D eigenvalue weighted by Gasteiger charge is -2.35. The zero-order valence-corrected chi connectivity index (χ0v) is 19.6. The first-order valence-corrected chi connectivity index (χ1v) is 12.2. The van der Waals surface area contributed by atoms with Crippen molar-refractivity contribution >= 4 is 23.2 Å². The average Bonchev–Trinajstić information content (AvgIpc) is 3.36. The largest absolute Gasteiger partial charge is 0.497 e. The van der Waals surface area contributed by atoms with Gasteiger partial charge in [-0.1, -0.05) is 35.4 Å². The summed E-state index contributed by atoms with van der Waals surface area (Å²) in [6.07, 6.45) is 13.5. The van der Waals surface area contributed by atoms with Crippen LogP contribution in [0.5, 0.6) is 5.75 Å². The third-order valence-corrected chi connectivity index (χ3v) is 7.28. The number of nitrogens with one attached hydrogen (secondary N) is 1. The Labute approximate surface area is 199 Å². The standard InChI is InChI=1S/C26H29ClN4O2/c1-32-19-9-10-20(23(27)11-19)21-12-28-31-25(21)29-24-16-33-15-22(24)26(31)30(14-18-7-8-18)13-17-5-3-2-4-6-17/h2-3,5,9-12,18,24,29H,4,6-8,13-16H2,1H3. The molecule has 2 aliphatic heterocycles. The minimum absolute atomic E-state index is 0.155. The van der Waals surface area contributed by atoms with Crippen LogP contribution in [0.2, 0.25) is 5.02 Å². The highest BCUT2D eigenvalue weighted by molar-refractivity contribution is 6.33. The van der Waals surface area contributed by atoms with Crippen LogP contribution in [-0.2, 0) is 4.74 Å². The molecule has 4 aliphatic rings. The molecule has 1 saturated carbocycles. The number of rotatable bonds is 7. The molecule has 6 nitrogen and oxygen atoms in total. The van der Waals surface area contributed by atoms with Crippen molar-refractivity contribution in [1.82, 2.24) is 14.7 Å². The first-order valence-electron chi connectivity index (χ1n) is 11.8. The number of methoxy groups -OCH3 is 1. The molecule has 1 aromatic heterocycles. The molecule has 7 heteroatoms. The molecule has 1 aromatic carbocycles. The molecule has 2 aliphatic carbocycles. The maximum atomic E-state index is 6.65. The van der Waals surface area contributed by atoms with E-state index in [-0.39, 0.29) is 6.04 Å². The molecule has 1 atom stereocenters. The van der Waals surface area contributed by atoms with Crippen molar-refractivity contribution in [3.63, 3.8) is 0 Å². The van der Waals surface area contributed by atoms with Crippen LogP contribution in [0.4, 0.5) is 5.82 Å². The molecule has 1 unspecified atom stereocenters. The fraction of sp³-hybridized carbons (Fsp3) is 0.423. The van der Waals surface area contributed by atoms with E-state index < -0.39 is 0 Å². The Morgan fingerprint density at radius 3 is 2.97 bits per heavy atom. The lowest BCUT2D eigenvalue weighted by Crippen LogP contribution is -2.38. The lowest BCUT2D eigenvalue weighted by molar-refractivity contribution is 0.201. The molecule has 6 rings (SSSR count). The second-order valence-electron chi connectivity index (χ2n) is 9.34. The van der Waals surface area contributed by atoms with Gasteiger partial charge in [0.05, 0.1) is 37.6 Å². The lowest BCUT2D eigenvalue weighted by atomic mass is 10.0. The highest BCUT2D eigenvalue weighted by Gasteiger charge is 2.37. The average molecular weight is 465 g/mol. The van der Waals surface area contributed by atoms with Crippen molar-refractivity contribution in [2.75, 3.05) is 38.7 Å². The van der Waals surface area contributed by atoms with Gasteiger partial charge in [-0.3, -0.25) is 0 Å². The number of benzene rings is 1. The van der Waals surface area contributed by atoms with E-state index in [0.717, 1.165) is 54.5 Å². The molecule has 0 bridgehead atoms. The van der Waals surface area contributed by atoms with Gasteiger partial charge in [0.2, 0.25) is 0 Å². The Kier molecular flexibility index (Phi) is 5.43. The van der Waals surface area contributed by atoms with Crippen LogP contribution in [0.25, 0.3) is 16.9 Å². The summed E-state index contributed by atoms with van der Waals surface area (Å²) in [5, 5.41) is 9.22. The highest BCUT2D eigenvalue weighted by Crippen LogP contribution is 2.42. The van der Waals surface area contributed by atoms with Gasteiger partial charge in [0.15, 0.2) is 0 Å². The third-order valence-electron chi connectivity index (χ3n) is 6.97. The maximum absolute atomic E-state index is 6.65. The summed E-state index contributed by atoms with van der Waals surface area (Å²) in [5.41, 5.74) is 4.72. The van der Waals surface area contributed by atoms with Gasteiger partial charge < -0.3 is 19.7 Å². The number of hydrogen-bond acceptors (Lipinski definition) is 5.